The van der Waals surface area contributed by atoms with Gasteiger partial charge in [-0.25, -0.2) is 4.98 Å². The van der Waals surface area contributed by atoms with Crippen LogP contribution in [0.5, 0.6) is 0 Å². The van der Waals surface area contributed by atoms with Crippen molar-refractivity contribution in [3.05, 3.63) is 47.5 Å². The summed E-state index contributed by atoms with van der Waals surface area (Å²) < 4.78 is 41.0. The van der Waals surface area contributed by atoms with E-state index in [1.165, 1.54) is 18.5 Å². The third-order valence-corrected chi connectivity index (χ3v) is 5.45. The van der Waals surface area contributed by atoms with Gasteiger partial charge in [-0.3, -0.25) is 9.67 Å². The Hall–Kier alpha value is -1.85. The molecular weight excluding hydrogens is 496 g/mol. The number of guanidine groups is 1. The molecule has 0 saturated heterocycles. The lowest BCUT2D eigenvalue weighted by molar-refractivity contribution is -0.137. The van der Waals surface area contributed by atoms with Crippen molar-refractivity contribution in [2.75, 3.05) is 20.6 Å². The fraction of sp³-hybridized carbons (Fsp3) is 0.526. The van der Waals surface area contributed by atoms with Crippen LogP contribution in [0.4, 0.5) is 13.2 Å². The van der Waals surface area contributed by atoms with Crippen molar-refractivity contribution in [2.24, 2.45) is 12.0 Å². The SMILES string of the molecule is CN=C(NCC1(c2cccc(C(F)(F)F)c2)CCC1)N(C)Cc1ncnn1C.I. The molecule has 0 atom stereocenters. The maximum absolute atomic E-state index is 13.1. The minimum atomic E-state index is -4.33. The Balaban J connectivity index is 0.00000300. The fourth-order valence-corrected chi connectivity index (χ4v) is 3.58. The second-order valence-electron chi connectivity index (χ2n) is 7.27. The molecule has 1 aromatic carbocycles. The Kier molecular flexibility index (Phi) is 7.52. The number of nitrogens with zero attached hydrogens (tertiary/aromatic N) is 5. The van der Waals surface area contributed by atoms with Gasteiger partial charge in [-0.2, -0.15) is 18.3 Å². The van der Waals surface area contributed by atoms with Gasteiger partial charge in [0.05, 0.1) is 12.1 Å². The van der Waals surface area contributed by atoms with Crippen LogP contribution in [0.2, 0.25) is 0 Å². The van der Waals surface area contributed by atoms with E-state index in [0.29, 0.717) is 19.0 Å². The van der Waals surface area contributed by atoms with Gasteiger partial charge in [0.25, 0.3) is 0 Å². The van der Waals surface area contributed by atoms with Crippen LogP contribution in [0.25, 0.3) is 0 Å². The molecule has 0 radical (unpaired) electrons. The highest BCUT2D eigenvalue weighted by Gasteiger charge is 2.40. The number of aryl methyl sites for hydroxylation is 1. The molecule has 0 bridgehead atoms. The molecule has 1 heterocycles. The molecule has 10 heteroatoms. The molecular formula is C19H26F3IN6. The number of halogens is 4. The lowest BCUT2D eigenvalue weighted by Gasteiger charge is -2.43. The molecule has 0 amide bonds. The molecule has 1 N–H and O–H groups in total. The topological polar surface area (TPSA) is 58.3 Å². The van der Waals surface area contributed by atoms with Crippen LogP contribution in [0.15, 0.2) is 35.6 Å². The average Bonchev–Trinajstić information content (AvgIpc) is 3.01. The van der Waals surface area contributed by atoms with Gasteiger partial charge < -0.3 is 10.2 Å². The Labute approximate surface area is 185 Å². The zero-order valence-electron chi connectivity index (χ0n) is 16.7. The minimum absolute atomic E-state index is 0. The Morgan fingerprint density at radius 1 is 1.34 bits per heavy atom. The largest absolute Gasteiger partial charge is 0.416 e. The van der Waals surface area contributed by atoms with Crippen molar-refractivity contribution in [1.29, 1.82) is 0 Å². The lowest BCUT2D eigenvalue weighted by Crippen LogP contribution is -2.49. The molecule has 0 spiro atoms. The van der Waals surface area contributed by atoms with Crippen LogP contribution in [0, 0.1) is 0 Å². The molecule has 1 aliphatic carbocycles. The Bertz CT molecular complexity index is 844. The van der Waals surface area contributed by atoms with Crippen LogP contribution in [-0.4, -0.2) is 46.3 Å². The van der Waals surface area contributed by atoms with E-state index in [4.69, 9.17) is 0 Å². The smallest absolute Gasteiger partial charge is 0.355 e. The van der Waals surface area contributed by atoms with E-state index in [2.05, 4.69) is 20.4 Å². The summed E-state index contributed by atoms with van der Waals surface area (Å²) in [6.07, 6.45) is -0.126. The monoisotopic (exact) mass is 522 g/mol. The zero-order chi connectivity index (χ0) is 20.4. The molecule has 1 aliphatic rings. The van der Waals surface area contributed by atoms with Crippen LogP contribution in [-0.2, 0) is 25.2 Å². The fourth-order valence-electron chi connectivity index (χ4n) is 3.58. The Morgan fingerprint density at radius 2 is 2.07 bits per heavy atom. The van der Waals surface area contributed by atoms with Crippen LogP contribution in [0.1, 0.15) is 36.2 Å². The minimum Gasteiger partial charge on any atom is -0.355 e. The summed E-state index contributed by atoms with van der Waals surface area (Å²) in [5.74, 6) is 1.46. The first-order valence-electron chi connectivity index (χ1n) is 9.17. The molecule has 0 unspecified atom stereocenters. The molecule has 3 rings (SSSR count). The van der Waals surface area contributed by atoms with Crippen LogP contribution >= 0.6 is 24.0 Å². The predicted molar refractivity (Wildman–Crippen MR) is 116 cm³/mol. The summed E-state index contributed by atoms with van der Waals surface area (Å²) in [7, 11) is 5.40. The van der Waals surface area contributed by atoms with E-state index in [1.54, 1.807) is 17.8 Å². The predicted octanol–water partition coefficient (Wildman–Crippen LogP) is 3.58. The third kappa shape index (κ3) is 5.20. The summed E-state index contributed by atoms with van der Waals surface area (Å²) in [6.45, 7) is 1.05. The lowest BCUT2D eigenvalue weighted by atomic mass is 9.64. The molecule has 0 aliphatic heterocycles. The van der Waals surface area contributed by atoms with Crippen molar-refractivity contribution < 1.29 is 13.2 Å². The highest BCUT2D eigenvalue weighted by atomic mass is 127. The third-order valence-electron chi connectivity index (χ3n) is 5.45. The van der Waals surface area contributed by atoms with E-state index in [0.717, 1.165) is 36.7 Å². The van der Waals surface area contributed by atoms with E-state index in [1.807, 2.05) is 19.0 Å². The number of hydrogen-bond acceptors (Lipinski definition) is 3. The van der Waals surface area contributed by atoms with E-state index in [9.17, 15) is 13.2 Å². The molecule has 1 fully saturated rings. The summed E-state index contributed by atoms with van der Waals surface area (Å²) in [5, 5.41) is 7.39. The molecule has 2 aromatic rings. The van der Waals surface area contributed by atoms with Crippen molar-refractivity contribution in [3.8, 4) is 0 Å². The quantitative estimate of drug-likeness (QED) is 0.371. The summed E-state index contributed by atoms with van der Waals surface area (Å²) in [6, 6.07) is 5.69. The normalized spacial score (nSPS) is 16.0. The number of alkyl halides is 3. The first-order valence-corrected chi connectivity index (χ1v) is 9.17. The van der Waals surface area contributed by atoms with E-state index >= 15 is 0 Å². The van der Waals surface area contributed by atoms with Crippen molar-refractivity contribution in [3.63, 3.8) is 0 Å². The molecule has 160 valence electrons. The molecule has 29 heavy (non-hydrogen) atoms. The van der Waals surface area contributed by atoms with E-state index < -0.39 is 11.7 Å². The van der Waals surface area contributed by atoms with Crippen molar-refractivity contribution >= 4 is 29.9 Å². The standard InChI is InChI=1S/C19H25F3N6.HI/c1-23-17(27(2)11-16-25-13-26-28(16)3)24-12-18(8-5-9-18)14-6-4-7-15(10-14)19(20,21)22;/h4,6-7,10,13H,5,8-9,11-12H2,1-3H3,(H,23,24);1H. The van der Waals surface area contributed by atoms with Gasteiger partial charge in [0.2, 0.25) is 0 Å². The number of rotatable bonds is 5. The number of nitrogens with one attached hydrogen (secondary N) is 1. The van der Waals surface area contributed by atoms with Gasteiger partial charge in [0, 0.05) is 33.1 Å². The van der Waals surface area contributed by atoms with Crippen LogP contribution in [0.3, 0.4) is 0 Å². The van der Waals surface area contributed by atoms with Crippen molar-refractivity contribution in [2.45, 2.75) is 37.4 Å². The molecule has 6 nitrogen and oxygen atoms in total. The molecule has 1 aromatic heterocycles. The first-order chi connectivity index (χ1) is 13.2. The summed E-state index contributed by atoms with van der Waals surface area (Å²) >= 11 is 0. The maximum atomic E-state index is 13.1. The van der Waals surface area contributed by atoms with Gasteiger partial charge in [-0.1, -0.05) is 24.6 Å². The summed E-state index contributed by atoms with van der Waals surface area (Å²) in [5.41, 5.74) is -0.171. The number of hydrogen-bond donors (Lipinski definition) is 1. The van der Waals surface area contributed by atoms with Crippen LogP contribution < -0.4 is 5.32 Å². The average molecular weight is 522 g/mol. The number of aliphatic imine (C=N–C) groups is 1. The van der Waals surface area contributed by atoms with Gasteiger partial charge in [-0.05, 0) is 24.5 Å². The van der Waals surface area contributed by atoms with Gasteiger partial charge >= 0.3 is 6.18 Å². The van der Waals surface area contributed by atoms with Gasteiger partial charge in [-0.15, -0.1) is 24.0 Å². The second-order valence-corrected chi connectivity index (χ2v) is 7.27. The zero-order valence-corrected chi connectivity index (χ0v) is 19.0. The first kappa shape index (κ1) is 23.4. The number of benzene rings is 1. The highest BCUT2D eigenvalue weighted by Crippen LogP contribution is 2.44. The molecule has 1 saturated carbocycles. The van der Waals surface area contributed by atoms with E-state index in [-0.39, 0.29) is 29.4 Å². The van der Waals surface area contributed by atoms with Crippen molar-refractivity contribution in [1.82, 2.24) is 25.0 Å². The van der Waals surface area contributed by atoms with Gasteiger partial charge in [0.1, 0.15) is 12.2 Å². The van der Waals surface area contributed by atoms with Gasteiger partial charge in [0.15, 0.2) is 5.96 Å². The maximum Gasteiger partial charge on any atom is 0.416 e. The highest BCUT2D eigenvalue weighted by molar-refractivity contribution is 14.0. The summed E-state index contributed by atoms with van der Waals surface area (Å²) in [4.78, 5) is 10.4. The Morgan fingerprint density at radius 3 is 2.59 bits per heavy atom. The second kappa shape index (κ2) is 9.31. The number of aromatic nitrogens is 3.